The van der Waals surface area contributed by atoms with Crippen LogP contribution in [0.3, 0.4) is 0 Å². The van der Waals surface area contributed by atoms with E-state index in [1.807, 2.05) is 0 Å². The van der Waals surface area contributed by atoms with E-state index in [0.29, 0.717) is 0 Å². The van der Waals surface area contributed by atoms with Crippen LogP contribution in [0, 0.1) is 0 Å². The molecule has 1 rings (SSSR count). The van der Waals surface area contributed by atoms with Crippen LogP contribution in [0.15, 0.2) is 20.7 Å². The minimum atomic E-state index is -3.65. The fourth-order valence-electron chi connectivity index (χ4n) is 0.413. The van der Waals surface area contributed by atoms with Gasteiger partial charge in [0.25, 0.3) is 10.1 Å². The lowest BCUT2D eigenvalue weighted by Crippen LogP contribution is -2.21. The van der Waals surface area contributed by atoms with E-state index in [9.17, 15) is 8.42 Å². The second-order valence-corrected chi connectivity index (χ2v) is 3.90. The summed E-state index contributed by atoms with van der Waals surface area (Å²) in [5.41, 5.74) is 0. The first kappa shape index (κ1) is 8.56. The average Bonchev–Trinajstić information content (AvgIpc) is 2.09. The molecule has 0 radical (unpaired) electrons. The molecule has 0 unspecified atom stereocenters. The number of hydrogen-bond donors (Lipinski definition) is 1. The number of rotatable bonds is 2. The van der Waals surface area contributed by atoms with Gasteiger partial charge in [0.1, 0.15) is 0 Å². The monoisotopic (exact) mass is 196 g/mol. The smallest absolute Gasteiger partial charge is 0.205 e. The van der Waals surface area contributed by atoms with Gasteiger partial charge in [0.2, 0.25) is 0 Å². The van der Waals surface area contributed by atoms with Crippen molar-refractivity contribution in [3.63, 3.8) is 0 Å². The van der Waals surface area contributed by atoms with E-state index in [1.54, 1.807) is 0 Å². The van der Waals surface area contributed by atoms with Crippen molar-refractivity contribution in [2.75, 3.05) is 6.26 Å². The summed E-state index contributed by atoms with van der Waals surface area (Å²) in [5.74, 6) is 0. The first-order chi connectivity index (χ1) is 4.91. The van der Waals surface area contributed by atoms with Crippen LogP contribution in [-0.4, -0.2) is 19.9 Å². The molecular weight excluding hydrogens is 192 g/mol. The highest BCUT2D eigenvalue weighted by atomic mass is 32.2. The number of nitrogens with zero attached hydrogens (tertiary/aromatic N) is 4. The van der Waals surface area contributed by atoms with Crippen molar-refractivity contribution in [1.29, 1.82) is 0 Å². The van der Waals surface area contributed by atoms with Crippen molar-refractivity contribution in [1.82, 2.24) is 0 Å². The maximum absolute atomic E-state index is 10.5. The van der Waals surface area contributed by atoms with Crippen LogP contribution in [0.2, 0.25) is 0 Å². The van der Waals surface area contributed by atoms with Crippen LogP contribution >= 0.6 is 12.6 Å². The van der Waals surface area contributed by atoms with E-state index >= 15 is 0 Å². The minimum absolute atomic E-state index is 0.855. The van der Waals surface area contributed by atoms with Crippen LogP contribution in [0.1, 0.15) is 0 Å². The first-order valence-electron chi connectivity index (χ1n) is 2.38. The van der Waals surface area contributed by atoms with Gasteiger partial charge >= 0.3 is 5.18 Å². The predicted octanol–water partition coefficient (Wildman–Crippen LogP) is 0.337. The van der Waals surface area contributed by atoms with E-state index in [2.05, 4.69) is 37.5 Å². The average molecular weight is 196 g/mol. The lowest BCUT2D eigenvalue weighted by Gasteiger charge is -2.09. The topological polar surface area (TPSA) is 92.8 Å². The van der Waals surface area contributed by atoms with E-state index in [-0.39, 0.29) is 0 Å². The Morgan fingerprint density at radius 2 is 1.82 bits per heavy atom. The highest BCUT2D eigenvalue weighted by Gasteiger charge is 2.33. The summed E-state index contributed by atoms with van der Waals surface area (Å²) >= 11 is 3.65. The van der Waals surface area contributed by atoms with Gasteiger partial charge in [-0.05, 0) is 10.4 Å². The first-order valence-corrected chi connectivity index (χ1v) is 4.65. The molecule has 0 saturated heterocycles. The molecule has 0 bridgehead atoms. The Morgan fingerprint density at radius 1 is 1.36 bits per heavy atom. The van der Waals surface area contributed by atoms with Crippen LogP contribution < -0.4 is 0 Å². The van der Waals surface area contributed by atoms with Gasteiger partial charge < -0.3 is 0 Å². The highest BCUT2D eigenvalue weighted by molar-refractivity contribution is 7.87. The molecule has 9 heteroatoms. The summed E-state index contributed by atoms with van der Waals surface area (Å²) in [6.07, 6.45) is 0.855. The lowest BCUT2D eigenvalue weighted by molar-refractivity contribution is 0.195. The Bertz CT molecular complexity index is 293. The third kappa shape index (κ3) is 2.52. The molecule has 0 fully saturated rings. The largest absolute Gasteiger partial charge is 0.358 e. The summed E-state index contributed by atoms with van der Waals surface area (Å²) < 4.78 is 25.3. The van der Waals surface area contributed by atoms with Crippen molar-refractivity contribution in [3.05, 3.63) is 0 Å². The second-order valence-electron chi connectivity index (χ2n) is 1.74. The Morgan fingerprint density at radius 3 is 2.18 bits per heavy atom. The molecule has 0 spiro atoms. The fourth-order valence-corrected chi connectivity index (χ4v) is 1.37. The number of thiol groups is 1. The Labute approximate surface area is 68.1 Å². The van der Waals surface area contributed by atoms with Gasteiger partial charge in [-0.1, -0.05) is 22.9 Å². The van der Waals surface area contributed by atoms with Gasteiger partial charge in [-0.25, -0.2) is 4.18 Å². The highest BCUT2D eigenvalue weighted by Crippen LogP contribution is 2.27. The van der Waals surface area contributed by atoms with Crippen LogP contribution in [-0.2, 0) is 14.3 Å². The summed E-state index contributed by atoms with van der Waals surface area (Å²) in [7, 11) is -3.65. The van der Waals surface area contributed by atoms with Gasteiger partial charge in [-0.15, -0.1) is 0 Å². The lowest BCUT2D eigenvalue weighted by atomic mass is 11.1. The molecule has 0 aliphatic carbocycles. The van der Waals surface area contributed by atoms with Crippen LogP contribution in [0.5, 0.6) is 0 Å². The quantitative estimate of drug-likeness (QED) is 0.392. The molecule has 1 aliphatic heterocycles. The van der Waals surface area contributed by atoms with Crippen molar-refractivity contribution in [2.24, 2.45) is 20.7 Å². The summed E-state index contributed by atoms with van der Waals surface area (Å²) in [6.45, 7) is 0. The van der Waals surface area contributed by atoms with Gasteiger partial charge in [0, 0.05) is 0 Å². The van der Waals surface area contributed by atoms with Crippen molar-refractivity contribution < 1.29 is 12.6 Å². The molecule has 0 amide bonds. The Kier molecular flexibility index (Phi) is 1.94. The van der Waals surface area contributed by atoms with Crippen LogP contribution in [0.25, 0.3) is 0 Å². The van der Waals surface area contributed by atoms with Gasteiger partial charge in [-0.3, -0.25) is 0 Å². The van der Waals surface area contributed by atoms with Crippen molar-refractivity contribution in [2.45, 2.75) is 5.18 Å². The number of hydrogen-bond acceptors (Lipinski definition) is 8. The molecule has 0 aromatic carbocycles. The van der Waals surface area contributed by atoms with Gasteiger partial charge in [0.15, 0.2) is 0 Å². The Balaban J connectivity index is 2.78. The minimum Gasteiger partial charge on any atom is -0.205 e. The summed E-state index contributed by atoms with van der Waals surface area (Å²) in [4.78, 5) is 0. The van der Waals surface area contributed by atoms with Gasteiger partial charge in [-0.2, -0.15) is 8.42 Å². The van der Waals surface area contributed by atoms with Crippen molar-refractivity contribution >= 4 is 22.7 Å². The maximum atomic E-state index is 10.5. The molecule has 0 saturated carbocycles. The molecule has 0 aromatic rings. The molecule has 0 atom stereocenters. The van der Waals surface area contributed by atoms with Gasteiger partial charge in [0.05, 0.1) is 6.26 Å². The molecule has 1 heterocycles. The zero-order valence-electron chi connectivity index (χ0n) is 5.37. The third-order valence-electron chi connectivity index (χ3n) is 0.653. The standard InChI is InChI=1S/C2H4N4O3S2/c1-11(7,8)9-2(10)3-5-6-4-2/h10H,1H3. The SMILES string of the molecule is CS(=O)(=O)OC1(S)N=NN=N1. The van der Waals surface area contributed by atoms with Crippen molar-refractivity contribution in [3.8, 4) is 0 Å². The van der Waals surface area contributed by atoms with E-state index in [4.69, 9.17) is 0 Å². The Hall–Kier alpha value is -0.540. The van der Waals surface area contributed by atoms with E-state index < -0.39 is 15.3 Å². The van der Waals surface area contributed by atoms with Crippen LogP contribution in [0.4, 0.5) is 0 Å². The molecule has 0 N–H and O–H groups in total. The second kappa shape index (κ2) is 2.50. The molecular formula is C2H4N4O3S2. The maximum Gasteiger partial charge on any atom is 0.358 e. The predicted molar refractivity (Wildman–Crippen MR) is 37.4 cm³/mol. The van der Waals surface area contributed by atoms with E-state index in [0.717, 1.165) is 6.26 Å². The molecule has 0 aromatic heterocycles. The third-order valence-corrected chi connectivity index (χ3v) is 1.58. The molecule has 11 heavy (non-hydrogen) atoms. The molecule has 1 aliphatic rings. The summed E-state index contributed by atoms with van der Waals surface area (Å²) in [6, 6.07) is 0. The molecule has 62 valence electrons. The van der Waals surface area contributed by atoms with E-state index in [1.165, 1.54) is 0 Å². The zero-order valence-corrected chi connectivity index (χ0v) is 7.08. The molecule has 7 nitrogen and oxygen atoms in total. The summed E-state index contributed by atoms with van der Waals surface area (Å²) in [5, 5.41) is 10.7. The fraction of sp³-hybridized carbons (Fsp3) is 1.00. The normalized spacial score (nSPS) is 20.9. The zero-order chi connectivity index (χ0) is 8.54.